The van der Waals surface area contributed by atoms with Gasteiger partial charge in [0.05, 0.1) is 5.69 Å². The van der Waals surface area contributed by atoms with E-state index in [2.05, 4.69) is 42.1 Å². The number of anilines is 1. The first-order valence-corrected chi connectivity index (χ1v) is 13.6. The van der Waals surface area contributed by atoms with E-state index in [-0.39, 0.29) is 5.75 Å². The van der Waals surface area contributed by atoms with Crippen LogP contribution in [0.3, 0.4) is 0 Å². The molecule has 0 spiro atoms. The fourth-order valence-electron chi connectivity index (χ4n) is 3.64. The first-order valence-electron chi connectivity index (χ1n) is 12.0. The number of para-hydroxylation sites is 1. The minimum absolute atomic E-state index is 0.125. The molecule has 6 aromatic rings. The predicted octanol–water partition coefficient (Wildman–Crippen LogP) is 10.3. The number of nitrogen functional groups attached to an aromatic ring is 1. The Morgan fingerprint density at radius 3 is 1.82 bits per heavy atom. The third kappa shape index (κ3) is 7.66. The first kappa shape index (κ1) is 27.8. The highest BCUT2D eigenvalue weighted by Crippen LogP contribution is 2.36. The van der Waals surface area contributed by atoms with Gasteiger partial charge in [-0.3, -0.25) is 0 Å². The zero-order chi connectivity index (χ0) is 27.6. The van der Waals surface area contributed by atoms with Gasteiger partial charge in [0.25, 0.3) is 0 Å². The molecule has 5 nitrogen and oxygen atoms in total. The SMILES string of the molecule is Nc1ccccc1Br.Oc1ccc2ccccc2c1.Oc1ccc2ccccc2c1N=Nc1ccccc1Br. The van der Waals surface area contributed by atoms with Crippen molar-refractivity contribution in [2.45, 2.75) is 0 Å². The van der Waals surface area contributed by atoms with Crippen molar-refractivity contribution in [2.75, 3.05) is 5.73 Å². The van der Waals surface area contributed by atoms with Crippen LogP contribution >= 0.6 is 31.9 Å². The number of rotatable bonds is 2. The molecular weight excluding hydrogens is 618 g/mol. The summed E-state index contributed by atoms with van der Waals surface area (Å²) < 4.78 is 1.82. The molecule has 0 bridgehead atoms. The number of phenolic OH excluding ortho intramolecular Hbond substituents is 2. The summed E-state index contributed by atoms with van der Waals surface area (Å²) in [5, 5.41) is 31.7. The molecule has 0 aliphatic carbocycles. The maximum Gasteiger partial charge on any atom is 0.143 e. The van der Waals surface area contributed by atoms with Gasteiger partial charge in [-0.15, -0.1) is 10.2 Å². The van der Waals surface area contributed by atoms with E-state index in [1.807, 2.05) is 109 Å². The summed E-state index contributed by atoms with van der Waals surface area (Å²) in [6.07, 6.45) is 0. The maximum absolute atomic E-state index is 9.99. The van der Waals surface area contributed by atoms with Crippen LogP contribution in [0.4, 0.5) is 17.1 Å². The number of nitrogens with two attached hydrogens (primary N) is 1. The lowest BCUT2D eigenvalue weighted by Gasteiger charge is -2.03. The number of halogens is 2. The third-order valence-corrected chi connectivity index (χ3v) is 7.02. The fourth-order valence-corrected chi connectivity index (χ4v) is 4.29. The number of nitrogens with zero attached hydrogens (tertiary/aromatic N) is 2. The average molecular weight is 643 g/mol. The van der Waals surface area contributed by atoms with E-state index in [0.29, 0.717) is 11.4 Å². The van der Waals surface area contributed by atoms with Crippen molar-refractivity contribution >= 4 is 70.5 Å². The highest BCUT2D eigenvalue weighted by Gasteiger charge is 2.06. The highest BCUT2D eigenvalue weighted by molar-refractivity contribution is 9.11. The summed E-state index contributed by atoms with van der Waals surface area (Å²) >= 11 is 6.69. The molecular formula is C32H25Br2N3O2. The Hall–Kier alpha value is -4.20. The lowest BCUT2D eigenvalue weighted by atomic mass is 10.1. The van der Waals surface area contributed by atoms with Crippen LogP contribution < -0.4 is 5.73 Å². The number of benzene rings is 6. The molecule has 4 N–H and O–H groups in total. The molecule has 6 rings (SSSR count). The Bertz CT molecular complexity index is 1720. The number of phenols is 2. The molecule has 194 valence electrons. The van der Waals surface area contributed by atoms with Gasteiger partial charge in [0.2, 0.25) is 0 Å². The van der Waals surface area contributed by atoms with Crippen molar-refractivity contribution in [2.24, 2.45) is 10.2 Å². The number of fused-ring (bicyclic) bond motifs is 2. The molecule has 0 saturated carbocycles. The van der Waals surface area contributed by atoms with Crippen molar-refractivity contribution < 1.29 is 10.2 Å². The second-order valence-electron chi connectivity index (χ2n) is 8.36. The summed E-state index contributed by atoms with van der Waals surface area (Å²) in [6, 6.07) is 39.7. The van der Waals surface area contributed by atoms with Crippen molar-refractivity contribution in [3.05, 3.63) is 136 Å². The molecule has 6 aromatic carbocycles. The van der Waals surface area contributed by atoms with E-state index >= 15 is 0 Å². The minimum Gasteiger partial charge on any atom is -0.508 e. The molecule has 0 heterocycles. The van der Waals surface area contributed by atoms with E-state index in [9.17, 15) is 5.11 Å². The van der Waals surface area contributed by atoms with Gasteiger partial charge in [0.15, 0.2) is 0 Å². The largest absolute Gasteiger partial charge is 0.508 e. The second-order valence-corrected chi connectivity index (χ2v) is 10.1. The average Bonchev–Trinajstić information content (AvgIpc) is 2.95. The summed E-state index contributed by atoms with van der Waals surface area (Å²) in [6.45, 7) is 0. The molecule has 0 amide bonds. The van der Waals surface area contributed by atoms with E-state index in [4.69, 9.17) is 10.8 Å². The lowest BCUT2D eigenvalue weighted by molar-refractivity contribution is 0.476. The zero-order valence-electron chi connectivity index (χ0n) is 20.7. The fraction of sp³-hybridized carbons (Fsp3) is 0. The van der Waals surface area contributed by atoms with Gasteiger partial charge in [-0.25, -0.2) is 0 Å². The zero-order valence-corrected chi connectivity index (χ0v) is 23.9. The molecule has 0 atom stereocenters. The summed E-state index contributed by atoms with van der Waals surface area (Å²) in [4.78, 5) is 0. The van der Waals surface area contributed by atoms with Crippen LogP contribution in [-0.2, 0) is 0 Å². The van der Waals surface area contributed by atoms with Crippen LogP contribution in [0.2, 0.25) is 0 Å². The topological polar surface area (TPSA) is 91.2 Å². The van der Waals surface area contributed by atoms with E-state index in [0.717, 1.165) is 41.9 Å². The van der Waals surface area contributed by atoms with Crippen LogP contribution in [0.25, 0.3) is 21.5 Å². The normalized spacial score (nSPS) is 10.5. The van der Waals surface area contributed by atoms with Crippen LogP contribution in [0.15, 0.2) is 147 Å². The highest BCUT2D eigenvalue weighted by atomic mass is 79.9. The number of hydrogen-bond acceptors (Lipinski definition) is 5. The van der Waals surface area contributed by atoms with Crippen LogP contribution in [0.1, 0.15) is 0 Å². The van der Waals surface area contributed by atoms with Crippen LogP contribution in [0, 0.1) is 0 Å². The lowest BCUT2D eigenvalue weighted by Crippen LogP contribution is -1.82. The Kier molecular flexibility index (Phi) is 9.67. The molecule has 39 heavy (non-hydrogen) atoms. The molecule has 0 aliphatic heterocycles. The van der Waals surface area contributed by atoms with Gasteiger partial charge in [-0.1, -0.05) is 84.9 Å². The number of hydrogen-bond donors (Lipinski definition) is 3. The molecule has 0 aliphatic rings. The van der Waals surface area contributed by atoms with Gasteiger partial charge < -0.3 is 15.9 Å². The molecule has 0 radical (unpaired) electrons. The third-order valence-electron chi connectivity index (χ3n) is 5.63. The van der Waals surface area contributed by atoms with E-state index < -0.39 is 0 Å². The summed E-state index contributed by atoms with van der Waals surface area (Å²) in [7, 11) is 0. The molecule has 0 fully saturated rings. The van der Waals surface area contributed by atoms with Crippen molar-refractivity contribution in [1.29, 1.82) is 0 Å². The van der Waals surface area contributed by atoms with Crippen LogP contribution in [-0.4, -0.2) is 10.2 Å². The summed E-state index contributed by atoms with van der Waals surface area (Å²) in [5.41, 5.74) is 7.46. The smallest absolute Gasteiger partial charge is 0.143 e. The van der Waals surface area contributed by atoms with Crippen LogP contribution in [0.5, 0.6) is 11.5 Å². The number of aromatic hydroxyl groups is 2. The molecule has 7 heteroatoms. The Morgan fingerprint density at radius 1 is 0.538 bits per heavy atom. The Morgan fingerprint density at radius 2 is 1.13 bits per heavy atom. The van der Waals surface area contributed by atoms with E-state index in [1.54, 1.807) is 18.2 Å². The Labute approximate surface area is 243 Å². The monoisotopic (exact) mass is 641 g/mol. The Balaban J connectivity index is 0.000000155. The maximum atomic E-state index is 9.99. The van der Waals surface area contributed by atoms with Gasteiger partial charge in [0.1, 0.15) is 17.2 Å². The predicted molar refractivity (Wildman–Crippen MR) is 168 cm³/mol. The van der Waals surface area contributed by atoms with Crippen molar-refractivity contribution in [3.8, 4) is 11.5 Å². The molecule has 0 unspecified atom stereocenters. The quantitative estimate of drug-likeness (QED) is 0.130. The minimum atomic E-state index is 0.125. The van der Waals surface area contributed by atoms with Gasteiger partial charge in [-0.2, -0.15) is 0 Å². The molecule has 0 saturated heterocycles. The standard InChI is InChI=1S/C16H11BrN2O.C10H8O.C6H6BrN/c17-13-7-3-4-8-14(13)18-19-16-12-6-2-1-5-11(12)9-10-15(16)20;11-10-6-5-8-3-1-2-4-9(8)7-10;7-5-3-1-2-4-6(5)8/h1-10,20H;1-7,11H;1-4H,8H2. The molecule has 0 aromatic heterocycles. The van der Waals surface area contributed by atoms with Gasteiger partial charge in [0, 0.05) is 20.0 Å². The second kappa shape index (κ2) is 13.6. The van der Waals surface area contributed by atoms with Crippen molar-refractivity contribution in [3.63, 3.8) is 0 Å². The summed E-state index contributed by atoms with van der Waals surface area (Å²) in [5.74, 6) is 0.447. The van der Waals surface area contributed by atoms with Gasteiger partial charge >= 0.3 is 0 Å². The number of azo groups is 1. The first-order chi connectivity index (χ1) is 18.9. The van der Waals surface area contributed by atoms with E-state index in [1.165, 1.54) is 0 Å². The van der Waals surface area contributed by atoms with Gasteiger partial charge in [-0.05, 0) is 90.5 Å². The van der Waals surface area contributed by atoms with Crippen molar-refractivity contribution in [1.82, 2.24) is 0 Å².